The molecule has 0 saturated heterocycles. The molecule has 0 bridgehead atoms. The van der Waals surface area contributed by atoms with Crippen molar-refractivity contribution in [3.05, 3.63) is 48.4 Å². The van der Waals surface area contributed by atoms with Crippen LogP contribution in [-0.4, -0.2) is 44.1 Å². The minimum absolute atomic E-state index is 0.0756. The summed E-state index contributed by atoms with van der Waals surface area (Å²) in [4.78, 5) is 17.8. The van der Waals surface area contributed by atoms with Gasteiger partial charge in [0.2, 0.25) is 0 Å². The number of thiophene rings is 1. The summed E-state index contributed by atoms with van der Waals surface area (Å²) in [5, 5.41) is 1.07. The predicted octanol–water partition coefficient (Wildman–Crippen LogP) is 3.54. The molecule has 23 heavy (non-hydrogen) atoms. The standard InChI is InChI=1S/C18H20N2O2S/c1-4-8-19-10-11-20(9-5-2)18(21)17-16(19)14-12-13(22-3)6-7-15(14)23-17/h4-7,12H,1-2,8-11H2,3H3. The quantitative estimate of drug-likeness (QED) is 0.787. The van der Waals surface area contributed by atoms with Gasteiger partial charge in [-0.05, 0) is 18.2 Å². The van der Waals surface area contributed by atoms with Crippen LogP contribution < -0.4 is 9.64 Å². The number of hydrogen-bond donors (Lipinski definition) is 0. The number of fused-ring (bicyclic) bond motifs is 3. The van der Waals surface area contributed by atoms with Gasteiger partial charge in [0.15, 0.2) is 0 Å². The van der Waals surface area contributed by atoms with E-state index in [4.69, 9.17) is 4.74 Å². The van der Waals surface area contributed by atoms with Gasteiger partial charge in [-0.1, -0.05) is 12.2 Å². The van der Waals surface area contributed by atoms with Crippen molar-refractivity contribution in [1.29, 1.82) is 0 Å². The summed E-state index contributed by atoms with van der Waals surface area (Å²) < 4.78 is 6.45. The van der Waals surface area contributed by atoms with E-state index in [1.807, 2.05) is 29.2 Å². The predicted molar refractivity (Wildman–Crippen MR) is 96.9 cm³/mol. The Labute approximate surface area is 140 Å². The fraction of sp³-hybridized carbons (Fsp3) is 0.278. The molecule has 5 heteroatoms. The molecule has 1 amide bonds. The molecule has 0 N–H and O–H groups in total. The summed E-state index contributed by atoms with van der Waals surface area (Å²) in [6, 6.07) is 5.96. The van der Waals surface area contributed by atoms with Crippen LogP contribution in [0.4, 0.5) is 5.69 Å². The van der Waals surface area contributed by atoms with E-state index in [0.29, 0.717) is 19.6 Å². The van der Waals surface area contributed by atoms with Crippen molar-refractivity contribution >= 4 is 33.0 Å². The highest BCUT2D eigenvalue weighted by Gasteiger charge is 2.29. The van der Waals surface area contributed by atoms with Gasteiger partial charge >= 0.3 is 0 Å². The number of methoxy groups -OCH3 is 1. The highest BCUT2D eigenvalue weighted by atomic mass is 32.1. The summed E-state index contributed by atoms with van der Waals surface area (Å²) in [7, 11) is 1.66. The number of carbonyl (C=O) groups is 1. The third kappa shape index (κ3) is 2.72. The SMILES string of the molecule is C=CCN1CCN(CC=C)c2c(sc3ccc(OC)cc23)C1=O. The molecule has 2 aromatic rings. The van der Waals surface area contributed by atoms with Crippen molar-refractivity contribution in [2.24, 2.45) is 0 Å². The first kappa shape index (κ1) is 15.6. The van der Waals surface area contributed by atoms with Crippen LogP contribution in [0.25, 0.3) is 10.1 Å². The van der Waals surface area contributed by atoms with Crippen LogP contribution in [-0.2, 0) is 0 Å². The Morgan fingerprint density at radius 3 is 2.61 bits per heavy atom. The van der Waals surface area contributed by atoms with Crippen molar-refractivity contribution in [1.82, 2.24) is 4.90 Å². The van der Waals surface area contributed by atoms with E-state index in [1.54, 1.807) is 24.5 Å². The van der Waals surface area contributed by atoms with Crippen LogP contribution in [0.5, 0.6) is 5.75 Å². The molecule has 4 nitrogen and oxygen atoms in total. The first-order chi connectivity index (χ1) is 11.2. The second-order valence-corrected chi connectivity index (χ2v) is 6.47. The molecule has 1 aliphatic heterocycles. The van der Waals surface area contributed by atoms with Gasteiger partial charge in [-0.15, -0.1) is 24.5 Å². The highest BCUT2D eigenvalue weighted by molar-refractivity contribution is 7.21. The maximum atomic E-state index is 12.9. The van der Waals surface area contributed by atoms with Crippen LogP contribution in [0.15, 0.2) is 43.5 Å². The van der Waals surface area contributed by atoms with E-state index >= 15 is 0 Å². The van der Waals surface area contributed by atoms with Crippen LogP contribution in [0.2, 0.25) is 0 Å². The molecule has 0 atom stereocenters. The molecule has 120 valence electrons. The summed E-state index contributed by atoms with van der Waals surface area (Å²) >= 11 is 1.54. The Morgan fingerprint density at radius 2 is 1.91 bits per heavy atom. The molecule has 0 saturated carbocycles. The molecule has 1 aromatic carbocycles. The molecule has 0 spiro atoms. The maximum Gasteiger partial charge on any atom is 0.266 e. The Balaban J connectivity index is 2.19. The number of nitrogens with zero attached hydrogens (tertiary/aromatic N) is 2. The smallest absolute Gasteiger partial charge is 0.266 e. The lowest BCUT2D eigenvalue weighted by Gasteiger charge is -2.23. The average molecular weight is 328 g/mol. The minimum Gasteiger partial charge on any atom is -0.497 e. The highest BCUT2D eigenvalue weighted by Crippen LogP contribution is 2.41. The lowest BCUT2D eigenvalue weighted by atomic mass is 10.2. The largest absolute Gasteiger partial charge is 0.497 e. The van der Waals surface area contributed by atoms with Gasteiger partial charge in [0.1, 0.15) is 10.6 Å². The number of carbonyl (C=O) groups excluding carboxylic acids is 1. The average Bonchev–Trinajstić information content (AvgIpc) is 2.89. The fourth-order valence-electron chi connectivity index (χ4n) is 2.92. The van der Waals surface area contributed by atoms with Crippen LogP contribution >= 0.6 is 11.3 Å². The molecule has 0 aliphatic carbocycles. The molecular formula is C18H20N2O2S. The van der Waals surface area contributed by atoms with Crippen LogP contribution in [0.3, 0.4) is 0 Å². The lowest BCUT2D eigenvalue weighted by molar-refractivity contribution is 0.0789. The van der Waals surface area contributed by atoms with Gasteiger partial charge in [-0.25, -0.2) is 0 Å². The molecule has 0 radical (unpaired) electrons. The molecule has 2 heterocycles. The Bertz CT molecular complexity index is 766. The Hall–Kier alpha value is -2.27. The topological polar surface area (TPSA) is 32.8 Å². The monoisotopic (exact) mass is 328 g/mol. The molecule has 3 rings (SSSR count). The van der Waals surface area contributed by atoms with Gasteiger partial charge < -0.3 is 14.5 Å². The van der Waals surface area contributed by atoms with Crippen LogP contribution in [0, 0.1) is 0 Å². The number of benzene rings is 1. The van der Waals surface area contributed by atoms with E-state index < -0.39 is 0 Å². The van der Waals surface area contributed by atoms with Crippen molar-refractivity contribution in [2.45, 2.75) is 0 Å². The van der Waals surface area contributed by atoms with Crippen molar-refractivity contribution in [2.75, 3.05) is 38.2 Å². The number of hydrogen-bond acceptors (Lipinski definition) is 4. The second-order valence-electron chi connectivity index (χ2n) is 5.42. The molecule has 0 fully saturated rings. The van der Waals surface area contributed by atoms with Gasteiger partial charge in [-0.2, -0.15) is 0 Å². The van der Waals surface area contributed by atoms with E-state index in [9.17, 15) is 4.79 Å². The number of rotatable bonds is 5. The summed E-state index contributed by atoms with van der Waals surface area (Å²) in [6.07, 6.45) is 3.65. The second kappa shape index (κ2) is 6.46. The molecule has 1 aliphatic rings. The van der Waals surface area contributed by atoms with Gasteiger partial charge in [-0.3, -0.25) is 4.79 Å². The fourth-order valence-corrected chi connectivity index (χ4v) is 4.09. The van der Waals surface area contributed by atoms with Crippen LogP contribution in [0.1, 0.15) is 9.67 Å². The number of ether oxygens (including phenoxy) is 1. The van der Waals surface area contributed by atoms with Gasteiger partial charge in [0, 0.05) is 36.3 Å². The number of amides is 1. The van der Waals surface area contributed by atoms with E-state index in [2.05, 4.69) is 18.1 Å². The molecule has 0 unspecified atom stereocenters. The first-order valence-electron chi connectivity index (χ1n) is 7.56. The van der Waals surface area contributed by atoms with Crippen molar-refractivity contribution in [3.63, 3.8) is 0 Å². The minimum atomic E-state index is 0.0756. The first-order valence-corrected chi connectivity index (χ1v) is 8.37. The van der Waals surface area contributed by atoms with Gasteiger partial charge in [0.05, 0.1) is 12.8 Å². The van der Waals surface area contributed by atoms with Crippen molar-refractivity contribution in [3.8, 4) is 5.75 Å². The molecule has 1 aromatic heterocycles. The summed E-state index contributed by atoms with van der Waals surface area (Å²) in [6.45, 7) is 10.4. The zero-order valence-corrected chi connectivity index (χ0v) is 14.1. The zero-order chi connectivity index (χ0) is 16.4. The van der Waals surface area contributed by atoms with E-state index in [-0.39, 0.29) is 5.91 Å². The normalized spacial score (nSPS) is 14.6. The zero-order valence-electron chi connectivity index (χ0n) is 13.2. The number of anilines is 1. The Kier molecular flexibility index (Phi) is 4.39. The summed E-state index contributed by atoms with van der Waals surface area (Å²) in [5.74, 6) is 0.878. The third-order valence-corrected chi connectivity index (χ3v) is 5.15. The maximum absolute atomic E-state index is 12.9. The Morgan fingerprint density at radius 1 is 1.22 bits per heavy atom. The van der Waals surface area contributed by atoms with E-state index in [0.717, 1.165) is 32.9 Å². The third-order valence-electron chi connectivity index (χ3n) is 4.01. The lowest BCUT2D eigenvalue weighted by Crippen LogP contribution is -2.34. The van der Waals surface area contributed by atoms with E-state index in [1.165, 1.54) is 0 Å². The molecular weight excluding hydrogens is 308 g/mol. The van der Waals surface area contributed by atoms with Crippen molar-refractivity contribution < 1.29 is 9.53 Å². The summed E-state index contributed by atoms with van der Waals surface area (Å²) in [5.41, 5.74) is 1.00. The van der Waals surface area contributed by atoms with Gasteiger partial charge in [0.25, 0.3) is 5.91 Å².